The molecule has 0 aliphatic rings. The van der Waals surface area contributed by atoms with E-state index in [1.807, 2.05) is 0 Å². The van der Waals surface area contributed by atoms with Gasteiger partial charge in [-0.2, -0.15) is 0 Å². The van der Waals surface area contributed by atoms with Crippen LogP contribution in [0.25, 0.3) is 0 Å². The molecule has 0 rings (SSSR count). The van der Waals surface area contributed by atoms with Crippen molar-refractivity contribution in [2.24, 2.45) is 0 Å². The van der Waals surface area contributed by atoms with Gasteiger partial charge in [0, 0.05) is 20.2 Å². The summed E-state index contributed by atoms with van der Waals surface area (Å²) in [6.45, 7) is 4.79. The first kappa shape index (κ1) is 6.99. The van der Waals surface area contributed by atoms with Crippen molar-refractivity contribution in [1.29, 1.82) is 0 Å². The molecule has 0 radical (unpaired) electrons. The molecule has 0 N–H and O–H groups in total. The van der Waals surface area contributed by atoms with Crippen LogP contribution < -0.4 is 0 Å². The monoisotopic (exact) mass is 111 g/mol. The van der Waals surface area contributed by atoms with E-state index in [4.69, 9.17) is 0 Å². The third-order valence-corrected chi connectivity index (χ3v) is 0.782. The molecule has 0 unspecified atom stereocenters. The lowest BCUT2D eigenvalue weighted by Crippen LogP contribution is -2.15. The third kappa shape index (κ3) is 2.21. The molecule has 0 aliphatic carbocycles. The zero-order chi connectivity index (χ0) is 6.57. The minimum atomic E-state index is -0.0128. The molecular weight excluding hydrogens is 102 g/mol. The first-order valence-electron chi connectivity index (χ1n) is 2.28. The summed E-state index contributed by atoms with van der Waals surface area (Å²) in [4.78, 5) is 11.8. The first-order valence-corrected chi connectivity index (χ1v) is 2.28. The van der Waals surface area contributed by atoms with E-state index >= 15 is 0 Å². The molecule has 0 atom stereocenters. The summed E-state index contributed by atoms with van der Waals surface area (Å²) >= 11 is 0. The minimum Gasteiger partial charge on any atom is -0.315 e. The van der Waals surface area contributed by atoms with Crippen molar-refractivity contribution in [1.82, 2.24) is 4.90 Å². The van der Waals surface area contributed by atoms with Crippen molar-refractivity contribution in [2.75, 3.05) is 7.05 Å². The maximum absolute atomic E-state index is 10.4. The molecular formula is C6H9NO. The molecule has 0 saturated carbocycles. The zero-order valence-corrected chi connectivity index (χ0v) is 5.14. The molecule has 0 aromatic carbocycles. The lowest BCUT2D eigenvalue weighted by Gasteiger charge is -2.03. The molecule has 0 saturated heterocycles. The molecule has 2 nitrogen and oxygen atoms in total. The molecule has 1 amide bonds. The van der Waals surface area contributed by atoms with E-state index in [0.717, 1.165) is 0 Å². The average Bonchev–Trinajstić information content (AvgIpc) is 1.67. The van der Waals surface area contributed by atoms with Gasteiger partial charge in [-0.1, -0.05) is 6.58 Å². The van der Waals surface area contributed by atoms with Crippen molar-refractivity contribution in [3.8, 4) is 0 Å². The predicted molar refractivity (Wildman–Crippen MR) is 32.2 cm³/mol. The molecule has 0 fully saturated rings. The summed E-state index contributed by atoms with van der Waals surface area (Å²) in [6, 6.07) is 0. The van der Waals surface area contributed by atoms with Gasteiger partial charge in [0.1, 0.15) is 0 Å². The van der Waals surface area contributed by atoms with E-state index in [9.17, 15) is 4.79 Å². The van der Waals surface area contributed by atoms with Crippen LogP contribution in [-0.4, -0.2) is 17.9 Å². The Morgan fingerprint density at radius 3 is 2.50 bits per heavy atom. The van der Waals surface area contributed by atoms with E-state index < -0.39 is 0 Å². The Balaban J connectivity index is 3.82. The van der Waals surface area contributed by atoms with Crippen LogP contribution >= 0.6 is 0 Å². The topological polar surface area (TPSA) is 20.3 Å². The van der Waals surface area contributed by atoms with Gasteiger partial charge in [0.15, 0.2) is 0 Å². The van der Waals surface area contributed by atoms with Gasteiger partial charge >= 0.3 is 0 Å². The van der Waals surface area contributed by atoms with Crippen molar-refractivity contribution < 1.29 is 4.79 Å². The van der Waals surface area contributed by atoms with Crippen molar-refractivity contribution in [3.05, 3.63) is 18.5 Å². The molecule has 44 valence electrons. The van der Waals surface area contributed by atoms with Crippen LogP contribution in [0.1, 0.15) is 6.92 Å². The Kier molecular flexibility index (Phi) is 2.67. The normalized spacial score (nSPS) is 7.25. The van der Waals surface area contributed by atoms with Crippen LogP contribution in [0.4, 0.5) is 0 Å². The van der Waals surface area contributed by atoms with Crippen LogP contribution in [0, 0.1) is 0 Å². The Bertz CT molecular complexity index is 131. The van der Waals surface area contributed by atoms with Gasteiger partial charge in [0.2, 0.25) is 5.91 Å². The van der Waals surface area contributed by atoms with Crippen molar-refractivity contribution >= 4 is 5.91 Å². The fourth-order valence-corrected chi connectivity index (χ4v) is 0.228. The second kappa shape index (κ2) is 3.05. The molecule has 2 heteroatoms. The van der Waals surface area contributed by atoms with Gasteiger partial charge in [-0.05, 0) is 0 Å². The van der Waals surface area contributed by atoms with Crippen LogP contribution in [0.3, 0.4) is 0 Å². The number of hydrogen-bond donors (Lipinski definition) is 0. The number of carbonyl (C=O) groups excluding carboxylic acids is 1. The first-order chi connectivity index (χ1) is 3.68. The van der Waals surface area contributed by atoms with Crippen molar-refractivity contribution in [3.63, 3.8) is 0 Å². The zero-order valence-electron chi connectivity index (χ0n) is 5.14. The van der Waals surface area contributed by atoms with Crippen LogP contribution in [0.2, 0.25) is 0 Å². The third-order valence-electron chi connectivity index (χ3n) is 0.782. The molecule has 0 heterocycles. The molecule has 8 heavy (non-hydrogen) atoms. The van der Waals surface area contributed by atoms with Crippen LogP contribution in [0.5, 0.6) is 0 Å². The highest BCUT2D eigenvalue weighted by molar-refractivity contribution is 5.73. The number of carbonyl (C=O) groups is 1. The van der Waals surface area contributed by atoms with E-state index in [-0.39, 0.29) is 5.91 Å². The highest BCUT2D eigenvalue weighted by atomic mass is 16.2. The largest absolute Gasteiger partial charge is 0.315 e. The summed E-state index contributed by atoms with van der Waals surface area (Å²) < 4.78 is 0. The number of hydrogen-bond acceptors (Lipinski definition) is 1. The fraction of sp³-hybridized carbons (Fsp3) is 0.333. The molecule has 0 aromatic heterocycles. The Labute approximate surface area is 49.1 Å². The van der Waals surface area contributed by atoms with E-state index in [1.54, 1.807) is 7.05 Å². The SMILES string of the molecule is C=C=CN(C)C(C)=O. The van der Waals surface area contributed by atoms with Gasteiger partial charge < -0.3 is 4.90 Å². The summed E-state index contributed by atoms with van der Waals surface area (Å²) in [6.07, 6.45) is 1.49. The minimum absolute atomic E-state index is 0.0128. The molecule has 0 spiro atoms. The van der Waals surface area contributed by atoms with Crippen LogP contribution in [0.15, 0.2) is 18.5 Å². The lowest BCUT2D eigenvalue weighted by molar-refractivity contribution is -0.125. The predicted octanol–water partition coefficient (Wildman–Crippen LogP) is 0.763. The fourth-order valence-electron chi connectivity index (χ4n) is 0.228. The molecule has 0 bridgehead atoms. The maximum atomic E-state index is 10.4. The van der Waals surface area contributed by atoms with Crippen molar-refractivity contribution in [2.45, 2.75) is 6.92 Å². The summed E-state index contributed by atoms with van der Waals surface area (Å²) in [5, 5.41) is 0. The standard InChI is InChI=1S/C6H9NO/c1-4-5-7(3)6(2)8/h5H,1H2,2-3H3. The van der Waals surface area contributed by atoms with E-state index in [1.165, 1.54) is 18.0 Å². The summed E-state index contributed by atoms with van der Waals surface area (Å²) in [5.74, 6) is -0.0128. The average molecular weight is 111 g/mol. The quantitative estimate of drug-likeness (QED) is 0.457. The maximum Gasteiger partial charge on any atom is 0.223 e. The Morgan fingerprint density at radius 1 is 1.88 bits per heavy atom. The lowest BCUT2D eigenvalue weighted by atomic mass is 10.6. The molecule has 0 aliphatic heterocycles. The van der Waals surface area contributed by atoms with E-state index in [2.05, 4.69) is 12.3 Å². The highest BCUT2D eigenvalue weighted by Gasteiger charge is 1.92. The van der Waals surface area contributed by atoms with Gasteiger partial charge in [-0.25, -0.2) is 0 Å². The smallest absolute Gasteiger partial charge is 0.223 e. The number of amides is 1. The highest BCUT2D eigenvalue weighted by Crippen LogP contribution is 1.80. The van der Waals surface area contributed by atoms with Crippen LogP contribution in [-0.2, 0) is 4.79 Å². The Hall–Kier alpha value is -1.01. The second-order valence-electron chi connectivity index (χ2n) is 1.46. The van der Waals surface area contributed by atoms with Gasteiger partial charge in [0.05, 0.1) is 0 Å². The number of rotatable bonds is 1. The second-order valence-corrected chi connectivity index (χ2v) is 1.46. The summed E-state index contributed by atoms with van der Waals surface area (Å²) in [5.41, 5.74) is 2.48. The van der Waals surface area contributed by atoms with Gasteiger partial charge in [-0.15, -0.1) is 5.73 Å². The summed E-state index contributed by atoms with van der Waals surface area (Å²) in [7, 11) is 1.65. The van der Waals surface area contributed by atoms with Gasteiger partial charge in [0.25, 0.3) is 0 Å². The molecule has 0 aromatic rings. The van der Waals surface area contributed by atoms with E-state index in [0.29, 0.717) is 0 Å². The Morgan fingerprint density at radius 2 is 2.38 bits per heavy atom. The number of nitrogens with zero attached hydrogens (tertiary/aromatic N) is 1. The van der Waals surface area contributed by atoms with Gasteiger partial charge in [-0.3, -0.25) is 4.79 Å².